The Hall–Kier alpha value is -2.43. The van der Waals surface area contributed by atoms with Crippen molar-refractivity contribution in [3.8, 4) is 5.88 Å². The first-order chi connectivity index (χ1) is 10.2. The molecule has 0 aliphatic carbocycles. The average Bonchev–Trinajstić information content (AvgIpc) is 2.51. The number of nitrogens with zero attached hydrogens (tertiary/aromatic N) is 2. The van der Waals surface area contributed by atoms with Crippen molar-refractivity contribution in [2.24, 2.45) is 0 Å². The Morgan fingerprint density at radius 1 is 1.29 bits per heavy atom. The van der Waals surface area contributed by atoms with Gasteiger partial charge in [-0.25, -0.2) is 4.98 Å². The summed E-state index contributed by atoms with van der Waals surface area (Å²) in [4.78, 5) is 19.8. The topological polar surface area (TPSA) is 72.3 Å². The molecule has 5 heteroatoms. The largest absolute Gasteiger partial charge is 0.481 e. The standard InChI is InChI=1S/C16H18N2O3/c1-2-8-21-15-11-17-10-14(18-15)13(16(19)20)9-12-6-4-3-5-7-12/h3-7,10-11,13H,2,8-9H2,1H3,(H,19,20). The number of carboxylic acids is 1. The Kier molecular flexibility index (Phi) is 5.26. The molecular formula is C16H18N2O3. The second kappa shape index (κ2) is 7.38. The van der Waals surface area contributed by atoms with Gasteiger partial charge in [-0.2, -0.15) is 0 Å². The van der Waals surface area contributed by atoms with Crippen LogP contribution < -0.4 is 4.74 Å². The highest BCUT2D eigenvalue weighted by molar-refractivity contribution is 5.75. The number of hydrogen-bond acceptors (Lipinski definition) is 4. The van der Waals surface area contributed by atoms with Gasteiger partial charge in [-0.15, -0.1) is 0 Å². The monoisotopic (exact) mass is 286 g/mol. The minimum Gasteiger partial charge on any atom is -0.481 e. The predicted molar refractivity (Wildman–Crippen MR) is 78.3 cm³/mol. The molecule has 1 aromatic carbocycles. The average molecular weight is 286 g/mol. The van der Waals surface area contributed by atoms with E-state index in [-0.39, 0.29) is 0 Å². The number of carboxylic acid groups (broad SMARTS) is 1. The fourth-order valence-corrected chi connectivity index (χ4v) is 1.97. The number of ether oxygens (including phenoxy) is 1. The molecule has 1 aromatic heterocycles. The molecule has 1 atom stereocenters. The van der Waals surface area contributed by atoms with Gasteiger partial charge in [-0.3, -0.25) is 9.78 Å². The molecule has 0 bridgehead atoms. The quantitative estimate of drug-likeness (QED) is 0.847. The molecule has 0 saturated carbocycles. The maximum atomic E-state index is 11.5. The zero-order chi connectivity index (χ0) is 15.1. The third-order valence-electron chi connectivity index (χ3n) is 3.02. The van der Waals surface area contributed by atoms with Crippen LogP contribution in [0.25, 0.3) is 0 Å². The molecule has 2 aromatic rings. The van der Waals surface area contributed by atoms with E-state index in [4.69, 9.17) is 4.74 Å². The molecule has 0 aliphatic rings. The molecule has 1 N–H and O–H groups in total. The van der Waals surface area contributed by atoms with Gasteiger partial charge in [0.25, 0.3) is 0 Å². The van der Waals surface area contributed by atoms with Crippen LogP contribution in [-0.4, -0.2) is 27.7 Å². The van der Waals surface area contributed by atoms with Crippen molar-refractivity contribution in [2.75, 3.05) is 6.61 Å². The van der Waals surface area contributed by atoms with Crippen LogP contribution in [0.5, 0.6) is 5.88 Å². The number of benzene rings is 1. The van der Waals surface area contributed by atoms with Gasteiger partial charge < -0.3 is 9.84 Å². The zero-order valence-electron chi connectivity index (χ0n) is 11.9. The summed E-state index contributed by atoms with van der Waals surface area (Å²) in [5, 5.41) is 9.45. The third-order valence-corrected chi connectivity index (χ3v) is 3.02. The van der Waals surface area contributed by atoms with Crippen LogP contribution in [0.4, 0.5) is 0 Å². The minimum absolute atomic E-state index is 0.369. The SMILES string of the molecule is CCCOc1cncc(C(Cc2ccccc2)C(=O)O)n1. The number of rotatable bonds is 7. The Labute approximate surface area is 123 Å². The summed E-state index contributed by atoms with van der Waals surface area (Å²) in [6.07, 6.45) is 4.22. The number of aliphatic carboxylic acids is 1. The number of hydrogen-bond donors (Lipinski definition) is 1. The molecule has 0 amide bonds. The fraction of sp³-hybridized carbons (Fsp3) is 0.312. The van der Waals surface area contributed by atoms with Crippen LogP contribution in [0.1, 0.15) is 30.5 Å². The molecule has 0 spiro atoms. The molecule has 5 nitrogen and oxygen atoms in total. The maximum absolute atomic E-state index is 11.5. The lowest BCUT2D eigenvalue weighted by Crippen LogP contribution is -2.16. The van der Waals surface area contributed by atoms with Crippen LogP contribution in [0, 0.1) is 0 Å². The van der Waals surface area contributed by atoms with Gasteiger partial charge in [0.15, 0.2) is 0 Å². The minimum atomic E-state index is -0.916. The first-order valence-corrected chi connectivity index (χ1v) is 6.92. The molecule has 1 unspecified atom stereocenters. The molecule has 1 heterocycles. The van der Waals surface area contributed by atoms with Crippen molar-refractivity contribution in [3.05, 3.63) is 54.0 Å². The van der Waals surface area contributed by atoms with E-state index < -0.39 is 11.9 Å². The van der Waals surface area contributed by atoms with E-state index in [1.54, 1.807) is 0 Å². The maximum Gasteiger partial charge on any atom is 0.312 e. The molecule has 0 radical (unpaired) electrons. The lowest BCUT2D eigenvalue weighted by atomic mass is 9.96. The molecule has 0 aliphatic heterocycles. The van der Waals surface area contributed by atoms with Crippen LogP contribution in [0.15, 0.2) is 42.7 Å². The normalized spacial score (nSPS) is 11.9. The van der Waals surface area contributed by atoms with E-state index in [2.05, 4.69) is 9.97 Å². The van der Waals surface area contributed by atoms with Gasteiger partial charge in [0.2, 0.25) is 5.88 Å². The highest BCUT2D eigenvalue weighted by Crippen LogP contribution is 2.21. The van der Waals surface area contributed by atoms with Crippen molar-refractivity contribution in [3.63, 3.8) is 0 Å². The first-order valence-electron chi connectivity index (χ1n) is 6.92. The second-order valence-electron chi connectivity index (χ2n) is 4.71. The summed E-state index contributed by atoms with van der Waals surface area (Å²) in [6.45, 7) is 2.53. The van der Waals surface area contributed by atoms with Crippen molar-refractivity contribution >= 4 is 5.97 Å². The van der Waals surface area contributed by atoms with E-state index in [0.717, 1.165) is 12.0 Å². The summed E-state index contributed by atoms with van der Waals surface area (Å²) in [5.74, 6) is -1.28. The molecule has 2 rings (SSSR count). The van der Waals surface area contributed by atoms with Crippen molar-refractivity contribution in [2.45, 2.75) is 25.7 Å². The van der Waals surface area contributed by atoms with Crippen LogP contribution >= 0.6 is 0 Å². The summed E-state index contributed by atoms with van der Waals surface area (Å²) in [5.41, 5.74) is 1.37. The number of aromatic nitrogens is 2. The number of carbonyl (C=O) groups is 1. The molecular weight excluding hydrogens is 268 g/mol. The lowest BCUT2D eigenvalue weighted by Gasteiger charge is -2.12. The van der Waals surface area contributed by atoms with Crippen molar-refractivity contribution in [1.82, 2.24) is 9.97 Å². The Morgan fingerprint density at radius 2 is 2.05 bits per heavy atom. The second-order valence-corrected chi connectivity index (χ2v) is 4.71. The van der Waals surface area contributed by atoms with E-state index in [0.29, 0.717) is 24.6 Å². The first kappa shape index (κ1) is 15.0. The van der Waals surface area contributed by atoms with Gasteiger partial charge in [0, 0.05) is 6.20 Å². The Balaban J connectivity index is 2.20. The summed E-state index contributed by atoms with van der Waals surface area (Å²) in [7, 11) is 0. The smallest absolute Gasteiger partial charge is 0.312 e. The van der Waals surface area contributed by atoms with Crippen LogP contribution in [-0.2, 0) is 11.2 Å². The van der Waals surface area contributed by atoms with Gasteiger partial charge in [-0.05, 0) is 18.4 Å². The highest BCUT2D eigenvalue weighted by Gasteiger charge is 2.22. The molecule has 0 fully saturated rings. The van der Waals surface area contributed by atoms with Gasteiger partial charge >= 0.3 is 5.97 Å². The molecule has 110 valence electrons. The van der Waals surface area contributed by atoms with E-state index in [9.17, 15) is 9.90 Å². The van der Waals surface area contributed by atoms with E-state index in [1.165, 1.54) is 12.4 Å². The summed E-state index contributed by atoms with van der Waals surface area (Å²) >= 11 is 0. The summed E-state index contributed by atoms with van der Waals surface area (Å²) in [6, 6.07) is 9.49. The Bertz CT molecular complexity index is 587. The molecule has 0 saturated heterocycles. The molecule has 21 heavy (non-hydrogen) atoms. The van der Waals surface area contributed by atoms with Crippen LogP contribution in [0.2, 0.25) is 0 Å². The van der Waals surface area contributed by atoms with Gasteiger partial charge in [0.05, 0.1) is 18.5 Å². The van der Waals surface area contributed by atoms with Gasteiger partial charge in [-0.1, -0.05) is 37.3 Å². The van der Waals surface area contributed by atoms with Gasteiger partial charge in [0.1, 0.15) is 5.92 Å². The van der Waals surface area contributed by atoms with Crippen molar-refractivity contribution < 1.29 is 14.6 Å². The third kappa shape index (κ3) is 4.27. The summed E-state index contributed by atoms with van der Waals surface area (Å²) < 4.78 is 5.41. The fourth-order valence-electron chi connectivity index (χ4n) is 1.97. The van der Waals surface area contributed by atoms with Crippen molar-refractivity contribution in [1.29, 1.82) is 0 Å². The van der Waals surface area contributed by atoms with E-state index >= 15 is 0 Å². The lowest BCUT2D eigenvalue weighted by molar-refractivity contribution is -0.138. The van der Waals surface area contributed by atoms with Crippen LogP contribution in [0.3, 0.4) is 0 Å². The zero-order valence-corrected chi connectivity index (χ0v) is 11.9. The highest BCUT2D eigenvalue weighted by atomic mass is 16.5. The Morgan fingerprint density at radius 3 is 2.71 bits per heavy atom. The predicted octanol–water partition coefficient (Wildman–Crippen LogP) is 2.68. The van der Waals surface area contributed by atoms with E-state index in [1.807, 2.05) is 37.3 Å².